The zero-order valence-electron chi connectivity index (χ0n) is 16.8. The second-order valence-corrected chi connectivity index (χ2v) is 6.93. The maximum Gasteiger partial charge on any atom is 0.311 e. The number of aromatic nitrogens is 2. The van der Waals surface area contributed by atoms with Crippen molar-refractivity contribution >= 4 is 11.9 Å². The molecule has 3 aromatic rings. The van der Waals surface area contributed by atoms with Gasteiger partial charge in [-0.2, -0.15) is 5.26 Å². The van der Waals surface area contributed by atoms with Gasteiger partial charge in [0.2, 0.25) is 0 Å². The average molecular weight is 402 g/mol. The van der Waals surface area contributed by atoms with Gasteiger partial charge in [-0.3, -0.25) is 9.59 Å². The number of rotatable bonds is 7. The molecule has 0 radical (unpaired) electrons. The summed E-state index contributed by atoms with van der Waals surface area (Å²) in [5.41, 5.74) is 2.63. The van der Waals surface area contributed by atoms with Gasteiger partial charge in [0.15, 0.2) is 0 Å². The van der Waals surface area contributed by atoms with Crippen molar-refractivity contribution in [1.82, 2.24) is 14.9 Å². The molecule has 152 valence electrons. The number of hydrogen-bond acceptors (Lipinski definition) is 5. The number of carbonyl (C=O) groups excluding carboxylic acids is 2. The Hall–Kier alpha value is -3.92. The van der Waals surface area contributed by atoms with E-state index in [0.717, 1.165) is 11.3 Å². The smallest absolute Gasteiger partial charge is 0.311 e. The highest BCUT2D eigenvalue weighted by Crippen LogP contribution is 2.17. The molecule has 1 amide bonds. The molecule has 2 aromatic carbocycles. The minimum Gasteiger partial charge on any atom is -0.469 e. The fraction of sp³-hybridized carbons (Fsp3) is 0.217. The lowest BCUT2D eigenvalue weighted by atomic mass is 9.92. The number of carbonyl (C=O) groups is 2. The van der Waals surface area contributed by atoms with Crippen molar-refractivity contribution in [3.8, 4) is 11.8 Å². The third kappa shape index (κ3) is 4.92. The molecule has 2 unspecified atom stereocenters. The number of nitriles is 1. The van der Waals surface area contributed by atoms with Crippen LogP contribution in [-0.2, 0) is 16.0 Å². The van der Waals surface area contributed by atoms with Gasteiger partial charge in [-0.05, 0) is 49.2 Å². The van der Waals surface area contributed by atoms with Crippen LogP contribution >= 0.6 is 0 Å². The fourth-order valence-corrected chi connectivity index (χ4v) is 3.25. The van der Waals surface area contributed by atoms with E-state index in [1.165, 1.54) is 7.11 Å². The van der Waals surface area contributed by atoms with Crippen LogP contribution in [-0.4, -0.2) is 34.6 Å². The molecule has 1 N–H and O–H groups in total. The molecule has 7 nitrogen and oxygen atoms in total. The molecule has 0 aliphatic rings. The Morgan fingerprint density at radius 2 is 2.03 bits per heavy atom. The number of ether oxygens (including phenoxy) is 1. The van der Waals surface area contributed by atoms with E-state index in [0.29, 0.717) is 17.5 Å². The third-order valence-electron chi connectivity index (χ3n) is 4.89. The van der Waals surface area contributed by atoms with Gasteiger partial charge in [-0.1, -0.05) is 18.2 Å². The number of benzene rings is 2. The third-order valence-corrected chi connectivity index (χ3v) is 4.89. The molecule has 0 spiro atoms. The minimum atomic E-state index is -0.593. The van der Waals surface area contributed by atoms with Crippen molar-refractivity contribution in [3.05, 3.63) is 83.9 Å². The van der Waals surface area contributed by atoms with Gasteiger partial charge in [0, 0.05) is 29.7 Å². The molecule has 3 rings (SSSR count). The summed E-state index contributed by atoms with van der Waals surface area (Å²) >= 11 is 0. The van der Waals surface area contributed by atoms with Crippen LogP contribution in [0.5, 0.6) is 0 Å². The van der Waals surface area contributed by atoms with Crippen molar-refractivity contribution in [2.75, 3.05) is 7.11 Å². The minimum absolute atomic E-state index is 0.288. The molecule has 0 aliphatic carbocycles. The highest BCUT2D eigenvalue weighted by Gasteiger charge is 2.28. The fourth-order valence-electron chi connectivity index (χ4n) is 3.25. The SMILES string of the molecule is COC(=O)C(Cc1cccc(C#N)c1)C(C)NC(=O)c1cccc(-n2ccnc2)c1. The van der Waals surface area contributed by atoms with E-state index in [9.17, 15) is 9.59 Å². The van der Waals surface area contributed by atoms with Crippen molar-refractivity contribution in [1.29, 1.82) is 5.26 Å². The number of amides is 1. The van der Waals surface area contributed by atoms with Gasteiger partial charge in [0.05, 0.1) is 31.0 Å². The van der Waals surface area contributed by atoms with Crippen molar-refractivity contribution in [2.24, 2.45) is 5.92 Å². The molecule has 0 fully saturated rings. The van der Waals surface area contributed by atoms with Gasteiger partial charge < -0.3 is 14.6 Å². The molecule has 2 atom stereocenters. The van der Waals surface area contributed by atoms with Crippen LogP contribution in [0.15, 0.2) is 67.3 Å². The van der Waals surface area contributed by atoms with Crippen LogP contribution in [0.1, 0.15) is 28.4 Å². The van der Waals surface area contributed by atoms with E-state index in [-0.39, 0.29) is 5.91 Å². The number of hydrogen-bond donors (Lipinski definition) is 1. The monoisotopic (exact) mass is 402 g/mol. The summed E-state index contributed by atoms with van der Waals surface area (Å²) in [4.78, 5) is 29.2. The van der Waals surface area contributed by atoms with Gasteiger partial charge in [0.25, 0.3) is 5.91 Å². The normalized spacial score (nSPS) is 12.4. The number of imidazole rings is 1. The lowest BCUT2D eigenvalue weighted by Crippen LogP contribution is -2.42. The van der Waals surface area contributed by atoms with E-state index in [2.05, 4.69) is 16.4 Å². The van der Waals surface area contributed by atoms with Crippen molar-refractivity contribution in [2.45, 2.75) is 19.4 Å². The van der Waals surface area contributed by atoms with E-state index < -0.39 is 17.9 Å². The van der Waals surface area contributed by atoms with E-state index >= 15 is 0 Å². The second-order valence-electron chi connectivity index (χ2n) is 6.93. The molecule has 0 bridgehead atoms. The molecule has 1 heterocycles. The molecule has 7 heteroatoms. The van der Waals surface area contributed by atoms with Crippen molar-refractivity contribution < 1.29 is 14.3 Å². The quantitative estimate of drug-likeness (QED) is 0.613. The van der Waals surface area contributed by atoms with Gasteiger partial charge >= 0.3 is 5.97 Å². The van der Waals surface area contributed by atoms with E-state index in [4.69, 9.17) is 10.00 Å². The largest absolute Gasteiger partial charge is 0.469 e. The Morgan fingerprint density at radius 1 is 1.23 bits per heavy atom. The van der Waals surface area contributed by atoms with Gasteiger partial charge in [0.1, 0.15) is 0 Å². The Labute approximate surface area is 174 Å². The zero-order valence-corrected chi connectivity index (χ0v) is 16.8. The second kappa shape index (κ2) is 9.52. The Morgan fingerprint density at radius 3 is 2.73 bits per heavy atom. The summed E-state index contributed by atoms with van der Waals surface area (Å²) in [7, 11) is 1.32. The lowest BCUT2D eigenvalue weighted by Gasteiger charge is -2.23. The molecule has 1 aromatic heterocycles. The molecule has 0 saturated heterocycles. The zero-order chi connectivity index (χ0) is 21.5. The lowest BCUT2D eigenvalue weighted by molar-refractivity contribution is -0.146. The van der Waals surface area contributed by atoms with Crippen LogP contribution in [0, 0.1) is 17.2 Å². The molecule has 0 saturated carbocycles. The van der Waals surface area contributed by atoms with Crippen LogP contribution in [0.4, 0.5) is 0 Å². The van der Waals surface area contributed by atoms with E-state index in [1.54, 1.807) is 66.6 Å². The number of esters is 1. The number of methoxy groups -OCH3 is 1. The summed E-state index contributed by atoms with van der Waals surface area (Å²) in [6, 6.07) is 15.8. The van der Waals surface area contributed by atoms with Crippen LogP contribution < -0.4 is 5.32 Å². The standard InChI is InChI=1S/C23H22N4O3/c1-16(21(23(29)30-2)12-17-5-3-6-18(11-17)14-24)26-22(28)19-7-4-8-20(13-19)27-10-9-25-15-27/h3-11,13,15-16,21H,12H2,1-2H3,(H,26,28). The summed E-state index contributed by atoms with van der Waals surface area (Å²) in [6.45, 7) is 1.77. The maximum absolute atomic E-state index is 12.8. The molecule has 0 aliphatic heterocycles. The first-order valence-corrected chi connectivity index (χ1v) is 9.48. The predicted molar refractivity (Wildman–Crippen MR) is 111 cm³/mol. The Balaban J connectivity index is 1.76. The highest BCUT2D eigenvalue weighted by molar-refractivity contribution is 5.95. The summed E-state index contributed by atoms with van der Waals surface area (Å²) in [6.07, 6.45) is 5.46. The van der Waals surface area contributed by atoms with Crippen molar-refractivity contribution in [3.63, 3.8) is 0 Å². The van der Waals surface area contributed by atoms with Gasteiger partial charge in [-0.15, -0.1) is 0 Å². The highest BCUT2D eigenvalue weighted by atomic mass is 16.5. The number of nitrogens with zero attached hydrogens (tertiary/aromatic N) is 3. The molecular weight excluding hydrogens is 380 g/mol. The maximum atomic E-state index is 12.8. The van der Waals surface area contributed by atoms with Crippen LogP contribution in [0.2, 0.25) is 0 Å². The topological polar surface area (TPSA) is 97.0 Å². The number of nitrogens with one attached hydrogen (secondary N) is 1. The first-order valence-electron chi connectivity index (χ1n) is 9.48. The summed E-state index contributed by atoms with van der Waals surface area (Å²) < 4.78 is 6.76. The summed E-state index contributed by atoms with van der Waals surface area (Å²) in [5, 5.41) is 12.0. The van der Waals surface area contributed by atoms with Crippen LogP contribution in [0.25, 0.3) is 5.69 Å². The molecule has 30 heavy (non-hydrogen) atoms. The Kier molecular flexibility index (Phi) is 6.60. The first kappa shape index (κ1) is 20.8. The summed E-state index contributed by atoms with van der Waals surface area (Å²) in [5.74, 6) is -1.30. The average Bonchev–Trinajstić information content (AvgIpc) is 3.32. The van der Waals surface area contributed by atoms with Crippen LogP contribution in [0.3, 0.4) is 0 Å². The molecular formula is C23H22N4O3. The van der Waals surface area contributed by atoms with E-state index in [1.807, 2.05) is 12.1 Å². The first-order chi connectivity index (χ1) is 14.5. The van der Waals surface area contributed by atoms with Gasteiger partial charge in [-0.25, -0.2) is 4.98 Å². The Bertz CT molecular complexity index is 1070. The predicted octanol–water partition coefficient (Wildman–Crippen LogP) is 2.89.